The van der Waals surface area contributed by atoms with Crippen molar-refractivity contribution in [3.63, 3.8) is 0 Å². The third-order valence-electron chi connectivity index (χ3n) is 3.77. The highest BCUT2D eigenvalue weighted by Crippen LogP contribution is 2.28. The van der Waals surface area contributed by atoms with E-state index in [4.69, 9.17) is 4.12 Å². The molecule has 0 aliphatic rings. The largest absolute Gasteiger partial charge is 0.456 e. The summed E-state index contributed by atoms with van der Waals surface area (Å²) in [6.07, 6.45) is 1.96. The molecule has 25 heavy (non-hydrogen) atoms. The second kappa shape index (κ2) is 8.49. The van der Waals surface area contributed by atoms with Gasteiger partial charge in [0.25, 0.3) is 0 Å². The van der Waals surface area contributed by atoms with Gasteiger partial charge >= 0.3 is 0 Å². The lowest BCUT2D eigenvalue weighted by molar-refractivity contribution is 0.112. The van der Waals surface area contributed by atoms with Crippen LogP contribution in [-0.2, 0) is 10.5 Å². The number of aryl methyl sites for hydroxylation is 1. The molecule has 2 aromatic carbocycles. The van der Waals surface area contributed by atoms with Crippen LogP contribution in [0.15, 0.2) is 58.3 Å². The van der Waals surface area contributed by atoms with Crippen LogP contribution >= 0.6 is 11.8 Å². The predicted octanol–water partition coefficient (Wildman–Crippen LogP) is 6.25. The van der Waals surface area contributed by atoms with Crippen molar-refractivity contribution in [2.45, 2.75) is 55.0 Å². The van der Waals surface area contributed by atoms with Crippen LogP contribution < -0.4 is 0 Å². The summed E-state index contributed by atoms with van der Waals surface area (Å²) in [6, 6.07) is 17.7. The van der Waals surface area contributed by atoms with Crippen molar-refractivity contribution in [3.8, 4) is 0 Å². The Bertz CT molecular complexity index is 689. The molecule has 0 atom stereocenters. The van der Waals surface area contributed by atoms with Gasteiger partial charge in [0.05, 0.1) is 0 Å². The van der Waals surface area contributed by atoms with Crippen molar-refractivity contribution in [2.75, 3.05) is 0 Å². The summed E-state index contributed by atoms with van der Waals surface area (Å²) in [7, 11) is -3.03. The van der Waals surface area contributed by atoms with Crippen LogP contribution in [0.5, 0.6) is 0 Å². The minimum Gasteiger partial charge on any atom is -0.456 e. The number of hydrogen-bond acceptors (Lipinski definition) is 3. The van der Waals surface area contributed by atoms with Gasteiger partial charge in [0, 0.05) is 15.4 Å². The van der Waals surface area contributed by atoms with Gasteiger partial charge in [-0.2, -0.15) is 0 Å². The van der Waals surface area contributed by atoms with Gasteiger partial charge in [-0.15, -0.1) is 0 Å². The van der Waals surface area contributed by atoms with Gasteiger partial charge in [-0.05, 0) is 75.0 Å². The second-order valence-electron chi connectivity index (χ2n) is 7.91. The third kappa shape index (κ3) is 7.32. The van der Waals surface area contributed by atoms with Gasteiger partial charge in [0.15, 0.2) is 16.6 Å². The molecular formula is C20H28O2SSi2. The van der Waals surface area contributed by atoms with E-state index in [1.807, 2.05) is 24.3 Å². The van der Waals surface area contributed by atoms with Crippen molar-refractivity contribution in [1.29, 1.82) is 0 Å². The molecule has 0 spiro atoms. The van der Waals surface area contributed by atoms with Gasteiger partial charge in [0.2, 0.25) is 0 Å². The van der Waals surface area contributed by atoms with E-state index in [1.165, 1.54) is 10.5 Å². The number of hydrogen-bond donors (Lipinski definition) is 0. The number of benzene rings is 2. The monoisotopic (exact) mass is 388 g/mol. The van der Waals surface area contributed by atoms with Crippen molar-refractivity contribution in [1.82, 2.24) is 0 Å². The van der Waals surface area contributed by atoms with Crippen molar-refractivity contribution >= 4 is 34.7 Å². The van der Waals surface area contributed by atoms with Crippen LogP contribution in [0.1, 0.15) is 15.9 Å². The summed E-state index contributed by atoms with van der Waals surface area (Å²) in [5.74, 6) is 0. The van der Waals surface area contributed by atoms with Crippen LogP contribution in [-0.4, -0.2) is 22.9 Å². The van der Waals surface area contributed by atoms with Crippen molar-refractivity contribution < 1.29 is 8.91 Å². The average molecular weight is 389 g/mol. The van der Waals surface area contributed by atoms with E-state index in [-0.39, 0.29) is 0 Å². The lowest BCUT2D eigenvalue weighted by Gasteiger charge is -2.31. The first kappa shape index (κ1) is 20.2. The fraction of sp³-hybridized carbons (Fsp3) is 0.350. The Labute approximate surface area is 158 Å². The molecular weight excluding hydrogens is 360 g/mol. The summed E-state index contributed by atoms with van der Waals surface area (Å²) < 4.78 is 6.42. The molecule has 0 saturated heterocycles. The Hall–Kier alpha value is -1.15. The van der Waals surface area contributed by atoms with Crippen LogP contribution in [0.4, 0.5) is 0 Å². The molecule has 0 aliphatic carbocycles. The first-order chi connectivity index (χ1) is 11.7. The van der Waals surface area contributed by atoms with E-state index in [1.54, 1.807) is 11.8 Å². The Balaban J connectivity index is 1.92. The summed E-state index contributed by atoms with van der Waals surface area (Å²) in [5.41, 5.74) is 2.09. The fourth-order valence-electron chi connectivity index (χ4n) is 2.80. The van der Waals surface area contributed by atoms with E-state index in [0.717, 1.165) is 23.6 Å². The first-order valence-corrected chi connectivity index (χ1v) is 16.0. The zero-order valence-electron chi connectivity index (χ0n) is 15.8. The van der Waals surface area contributed by atoms with E-state index in [0.29, 0.717) is 5.56 Å². The standard InChI is InChI=1S/C20H28O2SSi2/c1-24(2,3)22-25(4,5)15-14-17-6-10-19(11-7-17)23-20-12-8-18(16-21)9-13-20/h6-13,16H,14-15H2,1-5H3. The van der Waals surface area contributed by atoms with E-state index >= 15 is 0 Å². The van der Waals surface area contributed by atoms with Gasteiger partial charge in [-0.1, -0.05) is 36.0 Å². The van der Waals surface area contributed by atoms with Crippen LogP contribution in [0, 0.1) is 0 Å². The molecule has 2 nitrogen and oxygen atoms in total. The minimum absolute atomic E-state index is 0.715. The molecule has 0 N–H and O–H groups in total. The minimum atomic E-state index is -1.58. The molecule has 2 rings (SSSR count). The molecule has 0 unspecified atom stereocenters. The molecule has 134 valence electrons. The van der Waals surface area contributed by atoms with E-state index in [9.17, 15) is 4.79 Å². The Kier molecular flexibility index (Phi) is 6.85. The molecule has 0 aromatic heterocycles. The van der Waals surface area contributed by atoms with Crippen molar-refractivity contribution in [2.24, 2.45) is 0 Å². The summed E-state index contributed by atoms with van der Waals surface area (Å²) in [6.45, 7) is 11.5. The predicted molar refractivity (Wildman–Crippen MR) is 113 cm³/mol. The molecule has 0 heterocycles. The highest BCUT2D eigenvalue weighted by atomic mass is 32.2. The van der Waals surface area contributed by atoms with Gasteiger partial charge in [0.1, 0.15) is 6.29 Å². The molecule has 5 heteroatoms. The maximum Gasteiger partial charge on any atom is 0.173 e. The SMILES string of the molecule is C[Si](C)(C)O[Si](C)(C)CCc1ccc(Sc2ccc(C=O)cc2)cc1. The first-order valence-electron chi connectivity index (χ1n) is 8.69. The third-order valence-corrected chi connectivity index (χ3v) is 10.9. The van der Waals surface area contributed by atoms with Gasteiger partial charge < -0.3 is 4.12 Å². The molecule has 0 bridgehead atoms. The van der Waals surface area contributed by atoms with Crippen LogP contribution in [0.3, 0.4) is 0 Å². The lowest BCUT2D eigenvalue weighted by Crippen LogP contribution is -2.42. The highest BCUT2D eigenvalue weighted by Gasteiger charge is 2.29. The number of aldehydes is 1. The summed E-state index contributed by atoms with van der Waals surface area (Å²) >= 11 is 1.72. The maximum atomic E-state index is 10.7. The Morgan fingerprint density at radius 3 is 1.88 bits per heavy atom. The van der Waals surface area contributed by atoms with Crippen molar-refractivity contribution in [3.05, 3.63) is 59.7 Å². The molecule has 2 aromatic rings. The van der Waals surface area contributed by atoms with E-state index < -0.39 is 16.6 Å². The van der Waals surface area contributed by atoms with Gasteiger partial charge in [-0.25, -0.2) is 0 Å². The second-order valence-corrected chi connectivity index (χ2v) is 18.1. The Morgan fingerprint density at radius 1 is 0.880 bits per heavy atom. The molecule has 0 radical (unpaired) electrons. The van der Waals surface area contributed by atoms with Crippen LogP contribution in [0.2, 0.25) is 38.8 Å². The zero-order chi connectivity index (χ0) is 18.5. The summed E-state index contributed by atoms with van der Waals surface area (Å²) in [5, 5.41) is 0. The highest BCUT2D eigenvalue weighted by molar-refractivity contribution is 7.99. The quantitative estimate of drug-likeness (QED) is 0.395. The maximum absolute atomic E-state index is 10.7. The lowest BCUT2D eigenvalue weighted by atomic mass is 10.2. The normalized spacial score (nSPS) is 12.2. The average Bonchev–Trinajstić information content (AvgIpc) is 2.53. The fourth-order valence-corrected chi connectivity index (χ4v) is 11.5. The Morgan fingerprint density at radius 2 is 1.40 bits per heavy atom. The van der Waals surface area contributed by atoms with Crippen LogP contribution in [0.25, 0.3) is 0 Å². The number of carbonyl (C=O) groups excluding carboxylic acids is 1. The van der Waals surface area contributed by atoms with Gasteiger partial charge in [-0.3, -0.25) is 4.79 Å². The van der Waals surface area contributed by atoms with E-state index in [2.05, 4.69) is 57.0 Å². The molecule has 0 fully saturated rings. The summed E-state index contributed by atoms with van der Waals surface area (Å²) in [4.78, 5) is 13.1. The number of carbonyl (C=O) groups is 1. The smallest absolute Gasteiger partial charge is 0.173 e. The molecule has 0 aliphatic heterocycles. The zero-order valence-corrected chi connectivity index (χ0v) is 18.7. The molecule has 0 saturated carbocycles. The molecule has 0 amide bonds. The topological polar surface area (TPSA) is 26.3 Å². The number of rotatable bonds is 8.